The fraction of sp³-hybridized carbons (Fsp3) is 0.889. The molecule has 0 fully saturated rings. The highest BCUT2D eigenvalue weighted by Crippen LogP contribution is 2.02. The minimum Gasteiger partial charge on any atom is -0.319 e. The van der Waals surface area contributed by atoms with Gasteiger partial charge < -0.3 is 5.32 Å². The molecule has 1 heterocycles. The van der Waals surface area contributed by atoms with E-state index in [1.165, 1.54) is 0 Å². The summed E-state index contributed by atoms with van der Waals surface area (Å²) in [5, 5.41) is 14.7. The number of rotatable bonds is 6. The predicted octanol–water partition coefficient (Wildman–Crippen LogP) is 0.481. The normalized spacial score (nSPS) is 11.1. The van der Waals surface area contributed by atoms with E-state index in [0.717, 1.165) is 31.8 Å². The van der Waals surface area contributed by atoms with Crippen LogP contribution in [-0.4, -0.2) is 33.8 Å². The molecule has 5 nitrogen and oxygen atoms in total. The molecule has 1 aromatic rings. The molecular formula is C9H19N5. The summed E-state index contributed by atoms with van der Waals surface area (Å²) < 4.78 is 1.90. The molecule has 1 N–H and O–H groups in total. The van der Waals surface area contributed by atoms with Crippen molar-refractivity contribution in [3.8, 4) is 0 Å². The smallest absolute Gasteiger partial charge is 0.152 e. The Morgan fingerprint density at radius 3 is 2.86 bits per heavy atom. The Kier molecular flexibility index (Phi) is 4.52. The highest BCUT2D eigenvalue weighted by Gasteiger charge is 2.05. The molecule has 0 aliphatic rings. The molecule has 0 saturated heterocycles. The molecular weight excluding hydrogens is 178 g/mol. The molecule has 5 heteroatoms. The number of hydrogen-bond donors (Lipinski definition) is 1. The summed E-state index contributed by atoms with van der Waals surface area (Å²) in [6, 6.07) is 0. The van der Waals surface area contributed by atoms with E-state index >= 15 is 0 Å². The molecule has 0 saturated carbocycles. The average molecular weight is 197 g/mol. The van der Waals surface area contributed by atoms with Gasteiger partial charge in [-0.1, -0.05) is 13.8 Å². The first-order valence-corrected chi connectivity index (χ1v) is 5.13. The second kappa shape index (κ2) is 5.70. The van der Waals surface area contributed by atoms with Crippen LogP contribution < -0.4 is 5.32 Å². The Labute approximate surface area is 84.9 Å². The summed E-state index contributed by atoms with van der Waals surface area (Å²) in [7, 11) is 1.93. The summed E-state index contributed by atoms with van der Waals surface area (Å²) in [4.78, 5) is 0. The summed E-state index contributed by atoms with van der Waals surface area (Å²) in [5.41, 5.74) is 0. The third kappa shape index (κ3) is 3.41. The van der Waals surface area contributed by atoms with Crippen LogP contribution in [0.15, 0.2) is 0 Å². The van der Waals surface area contributed by atoms with Crippen LogP contribution >= 0.6 is 0 Å². The lowest BCUT2D eigenvalue weighted by molar-refractivity contribution is 0.465. The monoisotopic (exact) mass is 197 g/mol. The van der Waals surface area contributed by atoms with Gasteiger partial charge in [-0.3, -0.25) is 0 Å². The van der Waals surface area contributed by atoms with Gasteiger partial charge in [0, 0.05) is 19.5 Å². The second-order valence-electron chi connectivity index (χ2n) is 3.85. The minimum absolute atomic E-state index is 0.691. The largest absolute Gasteiger partial charge is 0.319 e. The van der Waals surface area contributed by atoms with Crippen LogP contribution in [0.25, 0.3) is 0 Å². The number of nitrogens with one attached hydrogen (secondary N) is 1. The van der Waals surface area contributed by atoms with Crippen LogP contribution in [0.2, 0.25) is 0 Å². The zero-order valence-electron chi connectivity index (χ0n) is 9.19. The quantitative estimate of drug-likeness (QED) is 0.720. The van der Waals surface area contributed by atoms with Crippen molar-refractivity contribution in [3.63, 3.8) is 0 Å². The van der Waals surface area contributed by atoms with Gasteiger partial charge in [0.05, 0.1) is 0 Å². The van der Waals surface area contributed by atoms with Crippen molar-refractivity contribution in [1.29, 1.82) is 0 Å². The van der Waals surface area contributed by atoms with E-state index in [9.17, 15) is 0 Å². The molecule has 0 aliphatic heterocycles. The topological polar surface area (TPSA) is 55.6 Å². The van der Waals surface area contributed by atoms with Crippen LogP contribution in [0.1, 0.15) is 26.1 Å². The standard InChI is InChI=1S/C9H19N5/c1-8(2)5-7-14-9(4-6-10-3)11-12-13-14/h8,10H,4-7H2,1-3H3. The highest BCUT2D eigenvalue weighted by atomic mass is 15.5. The van der Waals surface area contributed by atoms with E-state index in [0.29, 0.717) is 5.92 Å². The molecule has 80 valence electrons. The molecule has 14 heavy (non-hydrogen) atoms. The maximum absolute atomic E-state index is 3.99. The Balaban J connectivity index is 2.45. The van der Waals surface area contributed by atoms with Crippen LogP contribution in [0.4, 0.5) is 0 Å². The van der Waals surface area contributed by atoms with E-state index < -0.39 is 0 Å². The maximum atomic E-state index is 3.99. The third-order valence-electron chi connectivity index (χ3n) is 2.12. The molecule has 0 bridgehead atoms. The first-order valence-electron chi connectivity index (χ1n) is 5.13. The van der Waals surface area contributed by atoms with Crippen LogP contribution in [-0.2, 0) is 13.0 Å². The highest BCUT2D eigenvalue weighted by molar-refractivity contribution is 4.81. The van der Waals surface area contributed by atoms with E-state index in [1.54, 1.807) is 0 Å². The van der Waals surface area contributed by atoms with E-state index in [-0.39, 0.29) is 0 Å². The SMILES string of the molecule is CNCCc1nnnn1CCC(C)C. The maximum Gasteiger partial charge on any atom is 0.152 e. The van der Waals surface area contributed by atoms with Crippen molar-refractivity contribution in [2.75, 3.05) is 13.6 Å². The van der Waals surface area contributed by atoms with Gasteiger partial charge in [-0.25, -0.2) is 4.68 Å². The lowest BCUT2D eigenvalue weighted by atomic mass is 10.1. The first-order chi connectivity index (χ1) is 6.74. The molecule has 0 amide bonds. The van der Waals surface area contributed by atoms with Gasteiger partial charge >= 0.3 is 0 Å². The minimum atomic E-state index is 0.691. The predicted molar refractivity (Wildman–Crippen MR) is 54.9 cm³/mol. The first kappa shape index (κ1) is 11.1. The molecule has 0 radical (unpaired) electrons. The van der Waals surface area contributed by atoms with Gasteiger partial charge in [0.25, 0.3) is 0 Å². The van der Waals surface area contributed by atoms with Crippen molar-refractivity contribution >= 4 is 0 Å². The van der Waals surface area contributed by atoms with Crippen molar-refractivity contribution in [2.24, 2.45) is 5.92 Å². The third-order valence-corrected chi connectivity index (χ3v) is 2.12. The van der Waals surface area contributed by atoms with Crippen molar-refractivity contribution in [3.05, 3.63) is 5.82 Å². The van der Waals surface area contributed by atoms with Gasteiger partial charge in [-0.2, -0.15) is 0 Å². The van der Waals surface area contributed by atoms with Crippen LogP contribution in [0.5, 0.6) is 0 Å². The molecule has 0 spiro atoms. The second-order valence-corrected chi connectivity index (χ2v) is 3.85. The molecule has 0 atom stereocenters. The number of hydrogen-bond acceptors (Lipinski definition) is 4. The van der Waals surface area contributed by atoms with Crippen molar-refractivity contribution < 1.29 is 0 Å². The number of tetrazole rings is 1. The molecule has 1 rings (SSSR count). The van der Waals surface area contributed by atoms with Gasteiger partial charge in [0.15, 0.2) is 5.82 Å². The van der Waals surface area contributed by atoms with Gasteiger partial charge in [0.1, 0.15) is 0 Å². The number of aryl methyl sites for hydroxylation is 1. The Bertz CT molecular complexity index is 255. The van der Waals surface area contributed by atoms with Crippen LogP contribution in [0.3, 0.4) is 0 Å². The Morgan fingerprint density at radius 2 is 2.21 bits per heavy atom. The van der Waals surface area contributed by atoms with Crippen LogP contribution in [0, 0.1) is 5.92 Å². The zero-order chi connectivity index (χ0) is 10.4. The lowest BCUT2D eigenvalue weighted by Gasteiger charge is -2.06. The lowest BCUT2D eigenvalue weighted by Crippen LogP contribution is -2.15. The molecule has 1 aromatic heterocycles. The number of likely N-dealkylation sites (N-methyl/N-ethyl adjacent to an activating group) is 1. The van der Waals surface area contributed by atoms with Gasteiger partial charge in [-0.15, -0.1) is 5.10 Å². The van der Waals surface area contributed by atoms with Crippen molar-refractivity contribution in [2.45, 2.75) is 33.2 Å². The van der Waals surface area contributed by atoms with E-state index in [2.05, 4.69) is 34.7 Å². The fourth-order valence-corrected chi connectivity index (χ4v) is 1.19. The number of aromatic nitrogens is 4. The van der Waals surface area contributed by atoms with Crippen molar-refractivity contribution in [1.82, 2.24) is 25.5 Å². The van der Waals surface area contributed by atoms with Gasteiger partial charge in [0.2, 0.25) is 0 Å². The zero-order valence-corrected chi connectivity index (χ0v) is 9.19. The summed E-state index contributed by atoms with van der Waals surface area (Å²) >= 11 is 0. The van der Waals surface area contributed by atoms with E-state index in [1.807, 2.05) is 11.7 Å². The average Bonchev–Trinajstić information content (AvgIpc) is 2.58. The fourth-order valence-electron chi connectivity index (χ4n) is 1.19. The van der Waals surface area contributed by atoms with Gasteiger partial charge in [-0.05, 0) is 29.8 Å². The Hall–Kier alpha value is -0.970. The molecule has 0 unspecified atom stereocenters. The van der Waals surface area contributed by atoms with E-state index in [4.69, 9.17) is 0 Å². The summed E-state index contributed by atoms with van der Waals surface area (Å²) in [6.07, 6.45) is 2.01. The summed E-state index contributed by atoms with van der Waals surface area (Å²) in [5.74, 6) is 1.66. The molecule has 0 aliphatic carbocycles. The molecule has 0 aromatic carbocycles. The Morgan fingerprint density at radius 1 is 1.43 bits per heavy atom. The summed E-state index contributed by atoms with van der Waals surface area (Å²) in [6.45, 7) is 6.25. The number of nitrogens with zero attached hydrogens (tertiary/aromatic N) is 4.